The van der Waals surface area contributed by atoms with Gasteiger partial charge in [-0.05, 0) is 66.8 Å². The Hall–Kier alpha value is -4.78. The van der Waals surface area contributed by atoms with Gasteiger partial charge in [-0.2, -0.15) is 4.99 Å². The summed E-state index contributed by atoms with van der Waals surface area (Å²) in [6.07, 6.45) is -3.30. The van der Waals surface area contributed by atoms with Crippen LogP contribution in [0.25, 0.3) is 17.1 Å². The van der Waals surface area contributed by atoms with E-state index in [0.29, 0.717) is 22.4 Å². The van der Waals surface area contributed by atoms with Gasteiger partial charge in [-0.25, -0.2) is 19.5 Å². The Morgan fingerprint density at radius 2 is 1.72 bits per heavy atom. The average Bonchev–Trinajstić information content (AvgIpc) is 3.63. The number of aliphatic imine (C=N–C) groups is 2. The lowest BCUT2D eigenvalue weighted by Crippen LogP contribution is -2.31. The number of halogens is 3. The molecule has 3 aromatic carbocycles. The van der Waals surface area contributed by atoms with E-state index >= 15 is 0 Å². The van der Waals surface area contributed by atoms with E-state index in [1.54, 1.807) is 6.92 Å². The number of carbonyl (C=O) groups is 2. The van der Waals surface area contributed by atoms with Gasteiger partial charge >= 0.3 is 12.4 Å². The highest BCUT2D eigenvalue weighted by molar-refractivity contribution is 8.15. The molecule has 4 aromatic rings. The molecule has 1 fully saturated rings. The zero-order valence-corrected chi connectivity index (χ0v) is 26.6. The molecule has 0 radical (unpaired) electrons. The fourth-order valence-electron chi connectivity index (χ4n) is 4.85. The van der Waals surface area contributed by atoms with Gasteiger partial charge < -0.3 is 4.74 Å². The minimum Gasteiger partial charge on any atom is -0.406 e. The van der Waals surface area contributed by atoms with Crippen molar-refractivity contribution in [2.45, 2.75) is 52.8 Å². The van der Waals surface area contributed by atoms with Crippen LogP contribution in [0.2, 0.25) is 0 Å². The van der Waals surface area contributed by atoms with E-state index in [-0.39, 0.29) is 29.2 Å². The van der Waals surface area contributed by atoms with Crippen LogP contribution in [-0.2, 0) is 4.79 Å². The summed E-state index contributed by atoms with van der Waals surface area (Å²) in [6, 6.07) is 18.0. The Labute approximate surface area is 268 Å². The highest BCUT2D eigenvalue weighted by Crippen LogP contribution is 2.34. The molecule has 46 heavy (non-hydrogen) atoms. The van der Waals surface area contributed by atoms with E-state index < -0.39 is 12.4 Å². The Bertz CT molecular complexity index is 1820. The Morgan fingerprint density at radius 3 is 2.37 bits per heavy atom. The maximum absolute atomic E-state index is 13.0. The van der Waals surface area contributed by atoms with Crippen LogP contribution in [0.5, 0.6) is 5.75 Å². The lowest BCUT2D eigenvalue weighted by Gasteiger charge is -2.22. The number of aryl methyl sites for hydroxylation is 1. The Balaban J connectivity index is 1.28. The van der Waals surface area contributed by atoms with Gasteiger partial charge in [-0.1, -0.05) is 68.9 Å². The van der Waals surface area contributed by atoms with Crippen molar-refractivity contribution in [3.63, 3.8) is 0 Å². The lowest BCUT2D eigenvalue weighted by atomic mass is 9.96. The number of rotatable bonds is 7. The number of thioether (sulfide) groups is 1. The topological polar surface area (TPSA) is 102 Å². The number of anilines is 1. The third-order valence-corrected chi connectivity index (χ3v) is 8.32. The van der Waals surface area contributed by atoms with Crippen LogP contribution in [0.4, 0.5) is 23.7 Å². The van der Waals surface area contributed by atoms with Crippen LogP contribution in [0.15, 0.2) is 83.0 Å². The summed E-state index contributed by atoms with van der Waals surface area (Å²) in [6.45, 7) is 9.74. The average molecular weight is 649 g/mol. The zero-order chi connectivity index (χ0) is 33.2. The highest BCUT2D eigenvalue weighted by Gasteiger charge is 2.33. The largest absolute Gasteiger partial charge is 0.573 e. The number of carbonyl (C=O) groups excluding carboxylic acids is 2. The molecule has 0 bridgehead atoms. The van der Waals surface area contributed by atoms with Crippen molar-refractivity contribution in [3.05, 3.63) is 89.7 Å². The number of aromatic nitrogens is 3. The van der Waals surface area contributed by atoms with E-state index in [1.807, 2.05) is 56.3 Å². The van der Waals surface area contributed by atoms with E-state index in [2.05, 4.69) is 38.7 Å². The molecule has 9 nitrogen and oxygen atoms in total. The van der Waals surface area contributed by atoms with Crippen LogP contribution in [0.3, 0.4) is 0 Å². The summed E-state index contributed by atoms with van der Waals surface area (Å²) in [5, 5.41) is 4.75. The Morgan fingerprint density at radius 1 is 1.02 bits per heavy atom. The minimum atomic E-state index is -4.77. The maximum atomic E-state index is 13.0. The highest BCUT2D eigenvalue weighted by atomic mass is 32.2. The van der Waals surface area contributed by atoms with Gasteiger partial charge in [0, 0.05) is 17.2 Å². The fourth-order valence-corrected chi connectivity index (χ4v) is 5.71. The van der Waals surface area contributed by atoms with Crippen LogP contribution in [0.1, 0.15) is 56.2 Å². The summed E-state index contributed by atoms with van der Waals surface area (Å²) in [4.78, 5) is 40.1. The number of benzene rings is 3. The van der Waals surface area contributed by atoms with E-state index in [1.165, 1.54) is 51.9 Å². The quantitative estimate of drug-likeness (QED) is 0.188. The van der Waals surface area contributed by atoms with Crippen molar-refractivity contribution in [2.24, 2.45) is 9.98 Å². The first-order chi connectivity index (χ1) is 21.8. The molecule has 0 spiro atoms. The monoisotopic (exact) mass is 648 g/mol. The zero-order valence-electron chi connectivity index (χ0n) is 25.7. The van der Waals surface area contributed by atoms with Gasteiger partial charge in [0.25, 0.3) is 0 Å². The normalized spacial score (nSPS) is 15.6. The van der Waals surface area contributed by atoms with Gasteiger partial charge in [-0.3, -0.25) is 9.69 Å². The van der Waals surface area contributed by atoms with Crippen LogP contribution in [0, 0.1) is 6.92 Å². The lowest BCUT2D eigenvalue weighted by molar-refractivity contribution is -0.274. The van der Waals surface area contributed by atoms with Crippen molar-refractivity contribution in [1.82, 2.24) is 14.8 Å². The number of urea groups is 1. The molecule has 5 rings (SSSR count). The van der Waals surface area contributed by atoms with E-state index in [9.17, 15) is 22.8 Å². The Kier molecular flexibility index (Phi) is 9.42. The fraction of sp³-hybridized carbons (Fsp3) is 0.273. The van der Waals surface area contributed by atoms with E-state index in [4.69, 9.17) is 0 Å². The van der Waals surface area contributed by atoms with Crippen LogP contribution in [-0.4, -0.2) is 49.7 Å². The molecule has 1 unspecified atom stereocenters. The summed E-state index contributed by atoms with van der Waals surface area (Å²) in [5.41, 5.74) is 5.43. The van der Waals surface area contributed by atoms with Crippen molar-refractivity contribution in [2.75, 3.05) is 10.7 Å². The summed E-state index contributed by atoms with van der Waals surface area (Å²) < 4.78 is 42.7. The summed E-state index contributed by atoms with van der Waals surface area (Å²) in [5.74, 6) is 0.122. The molecule has 3 amide bonds. The number of ether oxygens (including phenoxy) is 1. The second kappa shape index (κ2) is 13.3. The second-order valence-corrected chi connectivity index (χ2v) is 12.0. The molecule has 238 valence electrons. The predicted octanol–water partition coefficient (Wildman–Crippen LogP) is 8.09. The van der Waals surface area contributed by atoms with E-state index in [0.717, 1.165) is 27.9 Å². The number of hydrogen-bond acceptors (Lipinski definition) is 6. The molecule has 1 aromatic heterocycles. The molecular weight excluding hydrogens is 617 g/mol. The van der Waals surface area contributed by atoms with Gasteiger partial charge in [0.1, 0.15) is 12.1 Å². The van der Waals surface area contributed by atoms with Crippen LogP contribution < -0.4 is 9.64 Å². The molecule has 2 heterocycles. The summed E-state index contributed by atoms with van der Waals surface area (Å²) >= 11 is 1.22. The third-order valence-electron chi connectivity index (χ3n) is 7.40. The van der Waals surface area contributed by atoms with Gasteiger partial charge in [-0.15, -0.1) is 18.3 Å². The smallest absolute Gasteiger partial charge is 0.406 e. The first kappa shape index (κ1) is 32.6. The van der Waals surface area contributed by atoms with Crippen molar-refractivity contribution >= 4 is 40.3 Å². The molecule has 13 heteroatoms. The second-order valence-electron chi connectivity index (χ2n) is 11.1. The van der Waals surface area contributed by atoms with Crippen molar-refractivity contribution in [3.8, 4) is 22.8 Å². The maximum Gasteiger partial charge on any atom is 0.573 e. The predicted molar refractivity (Wildman–Crippen MR) is 173 cm³/mol. The molecular formula is C33H31F3N6O3S. The third kappa shape index (κ3) is 7.53. The van der Waals surface area contributed by atoms with Gasteiger partial charge in [0.2, 0.25) is 5.91 Å². The molecule has 0 N–H and O–H groups in total. The van der Waals surface area contributed by atoms with Gasteiger partial charge in [0.15, 0.2) is 11.0 Å². The molecule has 1 atom stereocenters. The van der Waals surface area contributed by atoms with Crippen LogP contribution >= 0.6 is 11.8 Å². The first-order valence-electron chi connectivity index (χ1n) is 14.4. The molecule has 1 aliphatic rings. The molecule has 1 aliphatic heterocycles. The number of amidine groups is 1. The SMILES string of the molecule is CC(=NC(=O)N=C1SCC(=O)N1c1cc(C)ccc1C(C)C)C(C)c1ccc(-c2ncn(-c3ccc(OC(F)(F)F)cc3)n2)cc1. The van der Waals surface area contributed by atoms with Crippen molar-refractivity contribution < 1.29 is 27.5 Å². The molecule has 0 saturated carbocycles. The number of amides is 3. The molecule has 1 saturated heterocycles. The number of nitrogens with zero attached hydrogens (tertiary/aromatic N) is 6. The minimum absolute atomic E-state index is 0.133. The first-order valence-corrected chi connectivity index (χ1v) is 15.4. The van der Waals surface area contributed by atoms with Gasteiger partial charge in [0.05, 0.1) is 17.1 Å². The molecule has 0 aliphatic carbocycles. The number of alkyl halides is 3. The van der Waals surface area contributed by atoms with Crippen molar-refractivity contribution in [1.29, 1.82) is 0 Å². The standard InChI is InChI=1S/C33H31F3N6O3S/c1-19(2)27-15-6-20(3)16-28(27)42-29(43)17-46-32(42)39-31(44)38-22(5)21(4)23-7-9-24(10-8-23)30-37-18-41(40-30)25-11-13-26(14-12-25)45-33(34,35)36/h6-16,18-19,21H,17H2,1-5H3. The number of hydrogen-bond donors (Lipinski definition) is 0. The summed E-state index contributed by atoms with van der Waals surface area (Å²) in [7, 11) is 0.